The molecule has 29 heavy (non-hydrogen) atoms. The van der Waals surface area contributed by atoms with Gasteiger partial charge in [-0.05, 0) is 49.0 Å². The molecule has 4 aromatic rings. The highest BCUT2D eigenvalue weighted by Gasteiger charge is 2.12. The highest BCUT2D eigenvalue weighted by molar-refractivity contribution is 7.73. The predicted molar refractivity (Wildman–Crippen MR) is 123 cm³/mol. The zero-order valence-corrected chi connectivity index (χ0v) is 17.2. The van der Waals surface area contributed by atoms with Gasteiger partial charge in [-0.25, -0.2) is 4.98 Å². The second kappa shape index (κ2) is 10.1. The summed E-state index contributed by atoms with van der Waals surface area (Å²) in [4.78, 5) is 9.15. The highest BCUT2D eigenvalue weighted by Crippen LogP contribution is 2.32. The van der Waals surface area contributed by atoms with Crippen LogP contribution in [0.25, 0.3) is 11.4 Å². The lowest BCUT2D eigenvalue weighted by Crippen LogP contribution is -2.23. The average Bonchev–Trinajstić information content (AvgIpc) is 2.81. The minimum Gasteiger partial charge on any atom is -0.311 e. The summed E-state index contributed by atoms with van der Waals surface area (Å²) in [6.45, 7) is 1.71. The van der Waals surface area contributed by atoms with Crippen LogP contribution in [0.4, 0.5) is 0 Å². The van der Waals surface area contributed by atoms with E-state index >= 15 is 0 Å². The summed E-state index contributed by atoms with van der Waals surface area (Å²) in [5.74, 6) is 0. The maximum absolute atomic E-state index is 4.76. The summed E-state index contributed by atoms with van der Waals surface area (Å²) < 4.78 is 0. The van der Waals surface area contributed by atoms with Crippen LogP contribution in [-0.4, -0.2) is 22.7 Å². The van der Waals surface area contributed by atoms with Gasteiger partial charge in [0.1, 0.15) is 0 Å². The van der Waals surface area contributed by atoms with Gasteiger partial charge in [-0.3, -0.25) is 4.98 Å². The third-order valence-electron chi connectivity index (χ3n) is 4.69. The average molecular weight is 397 g/mol. The standard InChI is InChI=1S/C25H24N3P/c1-3-11-22(12-4-1)29(23-13-5-2-6-14-23)19-18-26-20-21-10-9-16-25(28-21)24-15-7-8-17-27-24/h1-17,26H,18-20H2. The summed E-state index contributed by atoms with van der Waals surface area (Å²) in [7, 11) is -0.367. The van der Waals surface area contributed by atoms with Gasteiger partial charge >= 0.3 is 0 Å². The van der Waals surface area contributed by atoms with Crippen molar-refractivity contribution in [3.8, 4) is 11.4 Å². The van der Waals surface area contributed by atoms with Crippen molar-refractivity contribution in [2.45, 2.75) is 6.54 Å². The third kappa shape index (κ3) is 5.35. The van der Waals surface area contributed by atoms with Crippen LogP contribution in [0.1, 0.15) is 5.69 Å². The number of nitrogens with one attached hydrogen (secondary N) is 1. The molecule has 0 aliphatic rings. The summed E-state index contributed by atoms with van der Waals surface area (Å²) in [5, 5.41) is 6.43. The quantitative estimate of drug-likeness (QED) is 0.355. The Kier molecular flexibility index (Phi) is 6.75. The van der Waals surface area contributed by atoms with Crippen molar-refractivity contribution < 1.29 is 0 Å². The first-order chi connectivity index (χ1) is 14.4. The normalized spacial score (nSPS) is 10.9. The Hall–Kier alpha value is -2.87. The maximum Gasteiger partial charge on any atom is 0.0890 e. The molecule has 0 amide bonds. The molecule has 2 aromatic heterocycles. The van der Waals surface area contributed by atoms with Crippen molar-refractivity contribution in [2.24, 2.45) is 0 Å². The van der Waals surface area contributed by atoms with Gasteiger partial charge < -0.3 is 5.32 Å². The number of aromatic nitrogens is 2. The largest absolute Gasteiger partial charge is 0.311 e. The van der Waals surface area contributed by atoms with Crippen LogP contribution in [-0.2, 0) is 6.54 Å². The van der Waals surface area contributed by atoms with Gasteiger partial charge in [0, 0.05) is 19.3 Å². The first-order valence-corrected chi connectivity index (χ1v) is 11.4. The highest BCUT2D eigenvalue weighted by atomic mass is 31.1. The minimum absolute atomic E-state index is 0.367. The SMILES string of the molecule is c1ccc(P(CCNCc2cccc(-c3ccccn3)n2)c2ccccc2)cc1. The topological polar surface area (TPSA) is 37.8 Å². The molecule has 1 N–H and O–H groups in total. The molecule has 0 radical (unpaired) electrons. The van der Waals surface area contributed by atoms with E-state index in [0.29, 0.717) is 0 Å². The molecule has 0 saturated carbocycles. The van der Waals surface area contributed by atoms with Gasteiger partial charge in [-0.15, -0.1) is 0 Å². The summed E-state index contributed by atoms with van der Waals surface area (Å²) >= 11 is 0. The van der Waals surface area contributed by atoms with Gasteiger partial charge in [-0.2, -0.15) is 0 Å². The molecule has 0 fully saturated rings. The Bertz CT molecular complexity index is 968. The molecule has 4 heteroatoms. The summed E-state index contributed by atoms with van der Waals surface area (Å²) in [6, 6.07) is 33.7. The molecule has 144 valence electrons. The molecule has 3 nitrogen and oxygen atoms in total. The summed E-state index contributed by atoms with van der Waals surface area (Å²) in [6.07, 6.45) is 2.90. The predicted octanol–water partition coefficient (Wildman–Crippen LogP) is 4.37. The van der Waals surface area contributed by atoms with E-state index in [4.69, 9.17) is 4.98 Å². The number of hydrogen-bond donors (Lipinski definition) is 1. The fraction of sp³-hybridized carbons (Fsp3) is 0.120. The van der Waals surface area contributed by atoms with E-state index in [2.05, 4.69) is 83.1 Å². The molecule has 0 bridgehead atoms. The lowest BCUT2D eigenvalue weighted by atomic mass is 10.2. The Morgan fingerprint density at radius 3 is 1.97 bits per heavy atom. The molecular formula is C25H24N3P. The molecule has 0 aliphatic carbocycles. The van der Waals surface area contributed by atoms with Crippen LogP contribution < -0.4 is 15.9 Å². The van der Waals surface area contributed by atoms with Crippen LogP contribution in [0.5, 0.6) is 0 Å². The smallest absolute Gasteiger partial charge is 0.0890 e. The monoisotopic (exact) mass is 397 g/mol. The maximum atomic E-state index is 4.76. The zero-order chi connectivity index (χ0) is 19.7. The third-order valence-corrected chi connectivity index (χ3v) is 7.20. The van der Waals surface area contributed by atoms with Crippen molar-refractivity contribution in [3.05, 3.63) is 109 Å². The van der Waals surface area contributed by atoms with Gasteiger partial charge in [0.15, 0.2) is 0 Å². The fourth-order valence-electron chi connectivity index (χ4n) is 3.27. The number of pyridine rings is 2. The molecular weight excluding hydrogens is 373 g/mol. The Morgan fingerprint density at radius 1 is 0.655 bits per heavy atom. The lowest BCUT2D eigenvalue weighted by molar-refractivity contribution is 0.715. The number of hydrogen-bond acceptors (Lipinski definition) is 3. The van der Waals surface area contributed by atoms with E-state index in [1.807, 2.05) is 24.3 Å². The van der Waals surface area contributed by atoms with Gasteiger partial charge in [0.25, 0.3) is 0 Å². The van der Waals surface area contributed by atoms with E-state index in [9.17, 15) is 0 Å². The van der Waals surface area contributed by atoms with Crippen LogP contribution in [0.15, 0.2) is 103 Å². The van der Waals surface area contributed by atoms with E-state index in [1.165, 1.54) is 10.6 Å². The van der Waals surface area contributed by atoms with E-state index in [1.54, 1.807) is 6.20 Å². The molecule has 0 saturated heterocycles. The van der Waals surface area contributed by atoms with Gasteiger partial charge in [-0.1, -0.05) is 72.8 Å². The van der Waals surface area contributed by atoms with Crippen molar-refractivity contribution in [3.63, 3.8) is 0 Å². The minimum atomic E-state index is -0.367. The van der Waals surface area contributed by atoms with Crippen molar-refractivity contribution >= 4 is 18.5 Å². The Balaban J connectivity index is 1.39. The molecule has 0 spiro atoms. The zero-order valence-electron chi connectivity index (χ0n) is 16.3. The van der Waals surface area contributed by atoms with E-state index in [-0.39, 0.29) is 7.92 Å². The van der Waals surface area contributed by atoms with Crippen molar-refractivity contribution in [2.75, 3.05) is 12.7 Å². The first-order valence-electron chi connectivity index (χ1n) is 9.86. The first kappa shape index (κ1) is 19.4. The molecule has 2 aromatic carbocycles. The molecule has 4 rings (SSSR count). The molecule has 2 heterocycles. The molecule has 0 aliphatic heterocycles. The van der Waals surface area contributed by atoms with E-state index < -0.39 is 0 Å². The van der Waals surface area contributed by atoms with E-state index in [0.717, 1.165) is 36.3 Å². The van der Waals surface area contributed by atoms with Crippen LogP contribution in [0.2, 0.25) is 0 Å². The number of rotatable bonds is 8. The van der Waals surface area contributed by atoms with Crippen molar-refractivity contribution in [1.29, 1.82) is 0 Å². The second-order valence-electron chi connectivity index (χ2n) is 6.73. The second-order valence-corrected chi connectivity index (χ2v) is 9.06. The van der Waals surface area contributed by atoms with Crippen molar-refractivity contribution in [1.82, 2.24) is 15.3 Å². The van der Waals surface area contributed by atoms with Crippen LogP contribution in [0, 0.1) is 0 Å². The molecule has 0 unspecified atom stereocenters. The summed E-state index contributed by atoms with van der Waals surface area (Å²) in [5.41, 5.74) is 2.86. The number of nitrogens with zero attached hydrogens (tertiary/aromatic N) is 2. The fourth-order valence-corrected chi connectivity index (χ4v) is 5.53. The van der Waals surface area contributed by atoms with Crippen LogP contribution >= 0.6 is 7.92 Å². The van der Waals surface area contributed by atoms with Gasteiger partial charge in [0.05, 0.1) is 17.1 Å². The van der Waals surface area contributed by atoms with Gasteiger partial charge in [0.2, 0.25) is 0 Å². The van der Waals surface area contributed by atoms with Crippen LogP contribution in [0.3, 0.4) is 0 Å². The Morgan fingerprint density at radius 2 is 1.31 bits per heavy atom. The Labute approximate surface area is 173 Å². The molecule has 0 atom stereocenters. The lowest BCUT2D eigenvalue weighted by Gasteiger charge is -2.19. The number of benzene rings is 2.